The van der Waals surface area contributed by atoms with Crippen molar-refractivity contribution >= 4 is 33.2 Å². The molecule has 1 aliphatic heterocycles. The molecule has 0 unspecified atom stereocenters. The third-order valence-corrected chi connectivity index (χ3v) is 8.68. The molecule has 1 heterocycles. The summed E-state index contributed by atoms with van der Waals surface area (Å²) in [6.45, 7) is 7.03. The van der Waals surface area contributed by atoms with Gasteiger partial charge in [-0.05, 0) is 61.9 Å². The van der Waals surface area contributed by atoms with Gasteiger partial charge >= 0.3 is 0 Å². The predicted octanol–water partition coefficient (Wildman–Crippen LogP) is 4.13. The molecule has 2 aromatic rings. The number of hydrogen-bond donors (Lipinski definition) is 3. The third-order valence-electron chi connectivity index (χ3n) is 7.00. The van der Waals surface area contributed by atoms with E-state index in [1.54, 1.807) is 28.6 Å². The molecule has 3 rings (SSSR count). The molecule has 37 heavy (non-hydrogen) atoms. The first kappa shape index (κ1) is 29.5. The second kappa shape index (κ2) is 12.7. The van der Waals surface area contributed by atoms with Crippen LogP contribution in [-0.4, -0.2) is 56.1 Å². The van der Waals surface area contributed by atoms with E-state index < -0.39 is 27.8 Å². The van der Waals surface area contributed by atoms with Crippen LogP contribution in [0.1, 0.15) is 50.7 Å². The number of halogens is 2. The highest BCUT2D eigenvalue weighted by Gasteiger charge is 2.34. The molecule has 1 aliphatic rings. The number of benzene rings is 2. The molecule has 0 radical (unpaired) electrons. The molecule has 1 saturated heterocycles. The van der Waals surface area contributed by atoms with Gasteiger partial charge in [0.05, 0.1) is 12.3 Å². The van der Waals surface area contributed by atoms with Crippen LogP contribution in [0.3, 0.4) is 0 Å². The van der Waals surface area contributed by atoms with Crippen molar-refractivity contribution in [3.05, 3.63) is 64.4 Å². The zero-order valence-electron chi connectivity index (χ0n) is 21.9. The van der Waals surface area contributed by atoms with E-state index in [1.807, 2.05) is 32.9 Å². The van der Waals surface area contributed by atoms with E-state index in [2.05, 4.69) is 10.6 Å². The maximum atomic E-state index is 14.9. The highest BCUT2D eigenvalue weighted by Crippen LogP contribution is 2.30. The monoisotopic (exact) mass is 552 g/mol. The van der Waals surface area contributed by atoms with E-state index in [0.717, 1.165) is 5.56 Å². The van der Waals surface area contributed by atoms with Gasteiger partial charge in [-0.1, -0.05) is 43.6 Å². The lowest BCUT2D eigenvalue weighted by Gasteiger charge is -2.39. The molecule has 4 N–H and O–H groups in total. The van der Waals surface area contributed by atoms with Crippen molar-refractivity contribution in [3.63, 3.8) is 0 Å². The van der Waals surface area contributed by atoms with Gasteiger partial charge in [0.15, 0.2) is 0 Å². The highest BCUT2D eigenvalue weighted by molar-refractivity contribution is 7.88. The van der Waals surface area contributed by atoms with Crippen molar-refractivity contribution < 1.29 is 17.6 Å². The zero-order valence-corrected chi connectivity index (χ0v) is 23.4. The summed E-state index contributed by atoms with van der Waals surface area (Å²) in [7, 11) is -3.36. The minimum absolute atomic E-state index is 0.0817. The average Bonchev–Trinajstić information content (AvgIpc) is 2.81. The van der Waals surface area contributed by atoms with Crippen LogP contribution in [-0.2, 0) is 21.2 Å². The Hall–Kier alpha value is -2.04. The van der Waals surface area contributed by atoms with E-state index in [-0.39, 0.29) is 23.9 Å². The van der Waals surface area contributed by atoms with Gasteiger partial charge in [-0.15, -0.1) is 0 Å². The van der Waals surface area contributed by atoms with Crippen LogP contribution >= 0.6 is 11.6 Å². The molecule has 10 heteroatoms. The lowest BCUT2D eigenvalue weighted by Crippen LogP contribution is -2.57. The topological polar surface area (TPSA) is 105 Å². The van der Waals surface area contributed by atoms with E-state index >= 15 is 0 Å². The van der Waals surface area contributed by atoms with Crippen molar-refractivity contribution in [2.75, 3.05) is 24.7 Å². The summed E-state index contributed by atoms with van der Waals surface area (Å²) in [5.74, 6) is -0.983. The summed E-state index contributed by atoms with van der Waals surface area (Å²) in [5, 5.41) is 6.73. The SMILES string of the molecule is CC(C)[C@H](c1ccc(Cl)cc1)[C@H](N)C(=O)Nc1cccc(F)c1CCC[C@H]1CNC[C@H](C)N1S(C)(=O)=O. The first-order chi connectivity index (χ1) is 17.4. The lowest BCUT2D eigenvalue weighted by atomic mass is 9.82. The van der Waals surface area contributed by atoms with Gasteiger partial charge in [-0.25, -0.2) is 12.8 Å². The largest absolute Gasteiger partial charge is 0.324 e. The van der Waals surface area contributed by atoms with E-state index in [1.165, 1.54) is 12.3 Å². The maximum Gasteiger partial charge on any atom is 0.241 e. The lowest BCUT2D eigenvalue weighted by molar-refractivity contribution is -0.118. The Morgan fingerprint density at radius 3 is 2.51 bits per heavy atom. The Labute approximate surface area is 225 Å². The number of hydrogen-bond acceptors (Lipinski definition) is 5. The second-order valence-corrected chi connectivity index (χ2v) is 12.6. The maximum absolute atomic E-state index is 14.9. The molecule has 0 spiro atoms. The first-order valence-corrected chi connectivity index (χ1v) is 14.9. The molecule has 1 amide bonds. The van der Waals surface area contributed by atoms with Crippen molar-refractivity contribution in [1.29, 1.82) is 0 Å². The summed E-state index contributed by atoms with van der Waals surface area (Å²) >= 11 is 6.02. The highest BCUT2D eigenvalue weighted by atomic mass is 35.5. The van der Waals surface area contributed by atoms with Crippen molar-refractivity contribution in [2.45, 2.75) is 64.1 Å². The summed E-state index contributed by atoms with van der Waals surface area (Å²) < 4.78 is 41.1. The van der Waals surface area contributed by atoms with Gasteiger partial charge in [-0.2, -0.15) is 4.31 Å². The van der Waals surface area contributed by atoms with Gasteiger partial charge in [0.2, 0.25) is 15.9 Å². The third kappa shape index (κ3) is 7.51. The Balaban J connectivity index is 1.72. The van der Waals surface area contributed by atoms with E-state index in [0.29, 0.717) is 48.6 Å². The number of nitrogens with one attached hydrogen (secondary N) is 2. The van der Waals surface area contributed by atoms with Gasteiger partial charge in [-0.3, -0.25) is 4.79 Å². The van der Waals surface area contributed by atoms with Crippen LogP contribution in [0.2, 0.25) is 5.02 Å². The number of carbonyl (C=O) groups is 1. The number of piperazine rings is 1. The Bertz CT molecular complexity index is 1180. The number of anilines is 1. The molecule has 7 nitrogen and oxygen atoms in total. The minimum Gasteiger partial charge on any atom is -0.324 e. The fourth-order valence-electron chi connectivity index (χ4n) is 5.34. The van der Waals surface area contributed by atoms with E-state index in [9.17, 15) is 17.6 Å². The fraction of sp³-hybridized carbons (Fsp3) is 0.519. The van der Waals surface area contributed by atoms with Crippen molar-refractivity contribution in [2.24, 2.45) is 11.7 Å². The number of carbonyl (C=O) groups excluding carboxylic acids is 1. The van der Waals surface area contributed by atoms with Crippen LogP contribution < -0.4 is 16.4 Å². The number of sulfonamides is 1. The Morgan fingerprint density at radius 1 is 1.22 bits per heavy atom. The Kier molecular flexibility index (Phi) is 10.1. The molecule has 4 atom stereocenters. The van der Waals surface area contributed by atoms with Crippen molar-refractivity contribution in [3.8, 4) is 0 Å². The Morgan fingerprint density at radius 2 is 1.89 bits per heavy atom. The summed E-state index contributed by atoms with van der Waals surface area (Å²) in [4.78, 5) is 13.2. The van der Waals surface area contributed by atoms with Gasteiger partial charge < -0.3 is 16.4 Å². The zero-order chi connectivity index (χ0) is 27.3. The molecule has 1 fully saturated rings. The minimum atomic E-state index is -3.36. The van der Waals surface area contributed by atoms with Crippen LogP contribution in [0, 0.1) is 11.7 Å². The number of rotatable bonds is 10. The molecule has 0 aromatic heterocycles. The molecule has 0 aliphatic carbocycles. The fourth-order valence-corrected chi connectivity index (χ4v) is 6.92. The predicted molar refractivity (Wildman–Crippen MR) is 148 cm³/mol. The van der Waals surface area contributed by atoms with Gasteiger partial charge in [0.1, 0.15) is 5.82 Å². The quantitative estimate of drug-likeness (QED) is 0.411. The molecular formula is C27H38ClFN4O3S. The van der Waals surface area contributed by atoms with Crippen LogP contribution in [0.25, 0.3) is 0 Å². The normalized spacial score (nSPS) is 20.5. The molecule has 0 bridgehead atoms. The molecule has 204 valence electrons. The standard InChI is InChI=1S/C27H38ClFN4O3S/c1-17(2)25(19-11-13-20(28)14-12-19)26(30)27(34)32-24-10-6-9-23(29)22(24)8-5-7-21-16-31-15-18(3)33(21)37(4,35)36/h6,9-14,17-18,21,25-26,31H,5,7-8,15-16,30H2,1-4H3,(H,32,34)/t18-,21-,25+,26-/m0/s1. The van der Waals surface area contributed by atoms with Crippen LogP contribution in [0.4, 0.5) is 10.1 Å². The van der Waals surface area contributed by atoms with Crippen LogP contribution in [0.5, 0.6) is 0 Å². The van der Waals surface area contributed by atoms with Gasteiger partial charge in [0.25, 0.3) is 0 Å². The van der Waals surface area contributed by atoms with Gasteiger partial charge in [0, 0.05) is 47.4 Å². The number of nitrogens with zero attached hydrogens (tertiary/aromatic N) is 1. The average molecular weight is 553 g/mol. The summed E-state index contributed by atoms with van der Waals surface area (Å²) in [5.41, 5.74) is 8.11. The number of amides is 1. The molecular weight excluding hydrogens is 515 g/mol. The second-order valence-electron chi connectivity index (χ2n) is 10.2. The summed E-state index contributed by atoms with van der Waals surface area (Å²) in [6, 6.07) is 10.7. The smallest absolute Gasteiger partial charge is 0.241 e. The molecule has 0 saturated carbocycles. The molecule has 2 aromatic carbocycles. The summed E-state index contributed by atoms with van der Waals surface area (Å²) in [6.07, 6.45) is 2.70. The number of nitrogens with two attached hydrogens (primary N) is 1. The van der Waals surface area contributed by atoms with E-state index in [4.69, 9.17) is 17.3 Å². The van der Waals surface area contributed by atoms with Crippen LogP contribution in [0.15, 0.2) is 42.5 Å². The van der Waals surface area contributed by atoms with Crippen molar-refractivity contribution in [1.82, 2.24) is 9.62 Å². The first-order valence-electron chi connectivity index (χ1n) is 12.7.